The zero-order chi connectivity index (χ0) is 15.8. The summed E-state index contributed by atoms with van der Waals surface area (Å²) >= 11 is 1.67. The summed E-state index contributed by atoms with van der Waals surface area (Å²) in [4.78, 5) is 20.7. The quantitative estimate of drug-likeness (QED) is 0.807. The fourth-order valence-electron chi connectivity index (χ4n) is 4.53. The van der Waals surface area contributed by atoms with Crippen LogP contribution in [0.4, 0.5) is 0 Å². The van der Waals surface area contributed by atoms with Crippen LogP contribution in [0.15, 0.2) is 0 Å². The molecular formula is C18H29Cl2N3OS. The Kier molecular flexibility index (Phi) is 7.56. The number of halogens is 2. The van der Waals surface area contributed by atoms with Gasteiger partial charge in [0.1, 0.15) is 4.88 Å². The highest BCUT2D eigenvalue weighted by Crippen LogP contribution is 2.37. The first-order valence-electron chi connectivity index (χ1n) is 9.19. The molecule has 1 aliphatic carbocycles. The van der Waals surface area contributed by atoms with Crippen molar-refractivity contribution in [1.29, 1.82) is 0 Å². The number of fused-ring (bicyclic) bond motifs is 1. The second kappa shape index (κ2) is 9.03. The fourth-order valence-corrected chi connectivity index (χ4v) is 5.73. The van der Waals surface area contributed by atoms with Crippen molar-refractivity contribution in [3.05, 3.63) is 15.6 Å². The molecule has 1 saturated carbocycles. The number of nitrogens with one attached hydrogen (secondary N) is 1. The Labute approximate surface area is 167 Å². The van der Waals surface area contributed by atoms with Gasteiger partial charge >= 0.3 is 0 Å². The molecule has 2 atom stereocenters. The molecule has 0 unspecified atom stereocenters. The Balaban J connectivity index is 0.00000113. The van der Waals surface area contributed by atoms with E-state index in [1.54, 1.807) is 11.3 Å². The molecule has 0 aromatic carbocycles. The van der Waals surface area contributed by atoms with Gasteiger partial charge < -0.3 is 10.2 Å². The first-order valence-corrected chi connectivity index (χ1v) is 10.0. The van der Waals surface area contributed by atoms with Crippen molar-refractivity contribution < 1.29 is 4.79 Å². The summed E-state index contributed by atoms with van der Waals surface area (Å²) in [5.41, 5.74) is 0.952. The van der Waals surface area contributed by atoms with Crippen LogP contribution in [-0.4, -0.2) is 42.0 Å². The van der Waals surface area contributed by atoms with E-state index in [-0.39, 0.29) is 30.7 Å². The van der Waals surface area contributed by atoms with E-state index >= 15 is 0 Å². The van der Waals surface area contributed by atoms with Crippen molar-refractivity contribution in [2.75, 3.05) is 26.2 Å². The topological polar surface area (TPSA) is 45.2 Å². The molecule has 3 heterocycles. The molecule has 0 bridgehead atoms. The molecule has 3 aliphatic rings. The van der Waals surface area contributed by atoms with Gasteiger partial charge in [-0.25, -0.2) is 4.98 Å². The first-order chi connectivity index (χ1) is 11.2. The molecule has 0 radical (unpaired) electrons. The van der Waals surface area contributed by atoms with Crippen molar-refractivity contribution >= 4 is 42.1 Å². The Morgan fingerprint density at radius 1 is 1.08 bits per heavy atom. The fraction of sp³-hybridized carbons (Fsp3) is 0.778. The predicted octanol–water partition coefficient (Wildman–Crippen LogP) is 4.02. The minimum Gasteiger partial charge on any atom is -0.338 e. The van der Waals surface area contributed by atoms with E-state index in [0.717, 1.165) is 61.4 Å². The van der Waals surface area contributed by atoms with E-state index in [2.05, 4.69) is 10.2 Å². The molecule has 7 heteroatoms. The van der Waals surface area contributed by atoms with Crippen LogP contribution in [0.25, 0.3) is 0 Å². The Morgan fingerprint density at radius 3 is 2.28 bits per heavy atom. The van der Waals surface area contributed by atoms with Gasteiger partial charge in [-0.15, -0.1) is 36.2 Å². The van der Waals surface area contributed by atoms with Crippen molar-refractivity contribution in [2.45, 2.75) is 51.4 Å². The van der Waals surface area contributed by atoms with E-state index in [1.807, 2.05) is 6.92 Å². The normalized spacial score (nSPS) is 26.5. The van der Waals surface area contributed by atoms with Crippen LogP contribution in [0.3, 0.4) is 0 Å². The number of hydrogen-bond donors (Lipinski definition) is 1. The summed E-state index contributed by atoms with van der Waals surface area (Å²) in [6.07, 6.45) is 7.43. The molecule has 1 aromatic heterocycles. The number of hydrogen-bond acceptors (Lipinski definition) is 4. The summed E-state index contributed by atoms with van der Waals surface area (Å²) in [6, 6.07) is 0. The second-order valence-electron chi connectivity index (χ2n) is 7.50. The van der Waals surface area contributed by atoms with Gasteiger partial charge in [0, 0.05) is 19.0 Å². The minimum atomic E-state index is 0. The lowest BCUT2D eigenvalue weighted by Crippen LogP contribution is -2.32. The molecular weight excluding hydrogens is 377 g/mol. The van der Waals surface area contributed by atoms with Gasteiger partial charge in [-0.2, -0.15) is 0 Å². The SMILES string of the molecule is Cc1nc(C2CCCC2)sc1C(=O)N1CC[C@@H]2CNC[C@@H]2CC1.Cl.Cl. The Morgan fingerprint density at radius 2 is 1.68 bits per heavy atom. The van der Waals surface area contributed by atoms with Gasteiger partial charge in [0.25, 0.3) is 5.91 Å². The third-order valence-electron chi connectivity index (χ3n) is 6.02. The zero-order valence-corrected chi connectivity index (χ0v) is 17.3. The largest absolute Gasteiger partial charge is 0.338 e. The van der Waals surface area contributed by atoms with Crippen LogP contribution < -0.4 is 5.32 Å². The molecule has 3 fully saturated rings. The summed E-state index contributed by atoms with van der Waals surface area (Å²) < 4.78 is 0. The summed E-state index contributed by atoms with van der Waals surface area (Å²) in [5.74, 6) is 2.38. The van der Waals surface area contributed by atoms with Crippen LogP contribution in [-0.2, 0) is 0 Å². The number of amides is 1. The van der Waals surface area contributed by atoms with Gasteiger partial charge in [0.15, 0.2) is 0 Å². The lowest BCUT2D eigenvalue weighted by atomic mass is 9.92. The van der Waals surface area contributed by atoms with Crippen molar-refractivity contribution in [3.63, 3.8) is 0 Å². The number of nitrogens with zero attached hydrogens (tertiary/aromatic N) is 2. The third-order valence-corrected chi connectivity index (χ3v) is 7.33. The maximum absolute atomic E-state index is 13.0. The van der Waals surface area contributed by atoms with Crippen LogP contribution in [0, 0.1) is 18.8 Å². The lowest BCUT2D eigenvalue weighted by molar-refractivity contribution is 0.0762. The van der Waals surface area contributed by atoms with Gasteiger partial charge in [-0.05, 0) is 57.5 Å². The number of aryl methyl sites for hydroxylation is 1. The van der Waals surface area contributed by atoms with Gasteiger partial charge in [-0.3, -0.25) is 4.79 Å². The number of aromatic nitrogens is 1. The molecule has 4 rings (SSSR count). The predicted molar refractivity (Wildman–Crippen MR) is 108 cm³/mol. The number of likely N-dealkylation sites (tertiary alicyclic amines) is 1. The number of carbonyl (C=O) groups excluding carboxylic acids is 1. The van der Waals surface area contributed by atoms with Crippen molar-refractivity contribution in [3.8, 4) is 0 Å². The minimum absolute atomic E-state index is 0. The standard InChI is InChI=1S/C18H27N3OS.2ClH/c1-12-16(23-17(20-12)13-4-2-3-5-13)18(22)21-8-6-14-10-19-11-15(14)7-9-21;;/h13-15,19H,2-11H2,1H3;2*1H/t14-,15+;;. The first kappa shape index (κ1) is 20.9. The molecule has 2 saturated heterocycles. The maximum atomic E-state index is 13.0. The zero-order valence-electron chi connectivity index (χ0n) is 14.8. The van der Waals surface area contributed by atoms with Gasteiger partial charge in [0.2, 0.25) is 0 Å². The Bertz CT molecular complexity index is 575. The van der Waals surface area contributed by atoms with Crippen LogP contribution in [0.2, 0.25) is 0 Å². The molecule has 2 aliphatic heterocycles. The second-order valence-corrected chi connectivity index (χ2v) is 8.53. The number of thiazole rings is 1. The molecule has 0 spiro atoms. The van der Waals surface area contributed by atoms with Crippen LogP contribution in [0.5, 0.6) is 0 Å². The lowest BCUT2D eigenvalue weighted by Gasteiger charge is -2.20. The van der Waals surface area contributed by atoms with Crippen LogP contribution >= 0.6 is 36.2 Å². The number of carbonyl (C=O) groups is 1. The van der Waals surface area contributed by atoms with Crippen molar-refractivity contribution in [1.82, 2.24) is 15.2 Å². The molecule has 1 aromatic rings. The van der Waals surface area contributed by atoms with Gasteiger partial charge in [0.05, 0.1) is 10.7 Å². The molecule has 142 valence electrons. The monoisotopic (exact) mass is 405 g/mol. The van der Waals surface area contributed by atoms with Gasteiger partial charge in [-0.1, -0.05) is 12.8 Å². The van der Waals surface area contributed by atoms with E-state index in [0.29, 0.717) is 5.92 Å². The highest BCUT2D eigenvalue weighted by molar-refractivity contribution is 7.13. The van der Waals surface area contributed by atoms with E-state index in [9.17, 15) is 4.79 Å². The molecule has 1 N–H and O–H groups in total. The van der Waals surface area contributed by atoms with E-state index in [1.165, 1.54) is 30.7 Å². The van der Waals surface area contributed by atoms with Crippen LogP contribution in [0.1, 0.15) is 64.8 Å². The molecule has 1 amide bonds. The average Bonchev–Trinajstić information content (AvgIpc) is 3.26. The highest BCUT2D eigenvalue weighted by atomic mass is 35.5. The summed E-state index contributed by atoms with van der Waals surface area (Å²) in [5, 5.41) is 4.71. The number of rotatable bonds is 2. The molecule has 25 heavy (non-hydrogen) atoms. The average molecular weight is 406 g/mol. The van der Waals surface area contributed by atoms with E-state index < -0.39 is 0 Å². The highest BCUT2D eigenvalue weighted by Gasteiger charge is 2.33. The summed E-state index contributed by atoms with van der Waals surface area (Å²) in [6.45, 7) is 6.12. The Hall–Kier alpha value is -0.360. The van der Waals surface area contributed by atoms with E-state index in [4.69, 9.17) is 4.98 Å². The smallest absolute Gasteiger partial charge is 0.265 e. The molecule has 4 nitrogen and oxygen atoms in total. The maximum Gasteiger partial charge on any atom is 0.265 e. The third kappa shape index (κ3) is 4.32. The summed E-state index contributed by atoms with van der Waals surface area (Å²) in [7, 11) is 0. The van der Waals surface area contributed by atoms with Crippen molar-refractivity contribution in [2.24, 2.45) is 11.8 Å².